The fourth-order valence-electron chi connectivity index (χ4n) is 2.57. The Labute approximate surface area is 138 Å². The summed E-state index contributed by atoms with van der Waals surface area (Å²) in [6.45, 7) is 0.364. The Morgan fingerprint density at radius 3 is 2.92 bits per heavy atom. The van der Waals surface area contributed by atoms with Gasteiger partial charge in [-0.25, -0.2) is 0 Å². The lowest BCUT2D eigenvalue weighted by Crippen LogP contribution is -2.23. The number of hydrogen-bond acceptors (Lipinski definition) is 5. The molecule has 6 nitrogen and oxygen atoms in total. The predicted molar refractivity (Wildman–Crippen MR) is 87.1 cm³/mol. The number of nitrogens with one attached hydrogen (secondary N) is 1. The summed E-state index contributed by atoms with van der Waals surface area (Å²) in [5.41, 5.74) is 2.97. The average Bonchev–Trinajstić information content (AvgIpc) is 3.37. The molecule has 24 heavy (non-hydrogen) atoms. The van der Waals surface area contributed by atoms with Crippen molar-refractivity contribution in [2.45, 2.75) is 25.3 Å². The minimum atomic E-state index is -0.244. The van der Waals surface area contributed by atoms with Crippen LogP contribution < -0.4 is 5.32 Å². The van der Waals surface area contributed by atoms with Crippen LogP contribution in [0.15, 0.2) is 53.4 Å². The number of carbonyl (C=O) groups excluding carboxylic acids is 1. The number of carbonyl (C=O) groups is 1. The summed E-state index contributed by atoms with van der Waals surface area (Å²) < 4.78 is 5.22. The van der Waals surface area contributed by atoms with Crippen molar-refractivity contribution in [2.24, 2.45) is 0 Å². The number of aromatic nitrogens is 3. The Morgan fingerprint density at radius 2 is 2.12 bits per heavy atom. The smallest absolute Gasteiger partial charge is 0.273 e. The van der Waals surface area contributed by atoms with Crippen molar-refractivity contribution >= 4 is 5.91 Å². The number of pyridine rings is 2. The largest absolute Gasteiger partial charge is 0.360 e. The molecule has 0 atom stereocenters. The summed E-state index contributed by atoms with van der Waals surface area (Å²) in [7, 11) is 0. The van der Waals surface area contributed by atoms with E-state index in [-0.39, 0.29) is 5.91 Å². The van der Waals surface area contributed by atoms with E-state index in [0.717, 1.165) is 35.4 Å². The van der Waals surface area contributed by atoms with Crippen LogP contribution in [-0.2, 0) is 6.54 Å². The SMILES string of the molecule is O=C(NCc1cccnc1-c1cccnc1)c1cc(C2CC2)on1. The fourth-order valence-corrected chi connectivity index (χ4v) is 2.57. The van der Waals surface area contributed by atoms with Gasteiger partial charge in [0.15, 0.2) is 5.69 Å². The minimum Gasteiger partial charge on any atom is -0.360 e. The van der Waals surface area contributed by atoms with Gasteiger partial charge in [0.25, 0.3) is 5.91 Å². The zero-order valence-corrected chi connectivity index (χ0v) is 13.0. The number of nitrogens with zero attached hydrogens (tertiary/aromatic N) is 3. The second-order valence-corrected chi connectivity index (χ2v) is 5.82. The molecule has 6 heteroatoms. The van der Waals surface area contributed by atoms with Crippen LogP contribution in [-0.4, -0.2) is 21.0 Å². The van der Waals surface area contributed by atoms with Gasteiger partial charge in [-0.05, 0) is 36.6 Å². The first-order valence-corrected chi connectivity index (χ1v) is 7.90. The maximum atomic E-state index is 12.3. The van der Waals surface area contributed by atoms with E-state index < -0.39 is 0 Å². The Kier molecular flexibility index (Phi) is 3.78. The van der Waals surface area contributed by atoms with E-state index in [2.05, 4.69) is 20.4 Å². The molecule has 0 radical (unpaired) electrons. The molecule has 120 valence electrons. The highest BCUT2D eigenvalue weighted by Gasteiger charge is 2.28. The molecule has 1 N–H and O–H groups in total. The quantitative estimate of drug-likeness (QED) is 0.781. The van der Waals surface area contributed by atoms with Crippen LogP contribution in [0.1, 0.15) is 40.6 Å². The van der Waals surface area contributed by atoms with Crippen molar-refractivity contribution in [1.82, 2.24) is 20.4 Å². The molecule has 0 bridgehead atoms. The third-order valence-corrected chi connectivity index (χ3v) is 4.01. The van der Waals surface area contributed by atoms with E-state index in [0.29, 0.717) is 18.2 Å². The zero-order valence-electron chi connectivity index (χ0n) is 13.0. The summed E-state index contributed by atoms with van der Waals surface area (Å²) in [5, 5.41) is 6.73. The molecule has 0 aliphatic heterocycles. The molecular weight excluding hydrogens is 304 g/mol. The number of hydrogen-bond donors (Lipinski definition) is 1. The van der Waals surface area contributed by atoms with E-state index in [4.69, 9.17) is 4.52 Å². The highest BCUT2D eigenvalue weighted by atomic mass is 16.5. The van der Waals surface area contributed by atoms with Crippen molar-refractivity contribution in [3.05, 3.63) is 65.9 Å². The summed E-state index contributed by atoms with van der Waals surface area (Å²) >= 11 is 0. The topological polar surface area (TPSA) is 80.9 Å². The first-order chi connectivity index (χ1) is 11.8. The molecule has 4 rings (SSSR count). The van der Waals surface area contributed by atoms with E-state index >= 15 is 0 Å². The molecule has 1 aliphatic carbocycles. The average molecular weight is 320 g/mol. The van der Waals surface area contributed by atoms with Crippen molar-refractivity contribution in [3.63, 3.8) is 0 Å². The van der Waals surface area contributed by atoms with Crippen LogP contribution >= 0.6 is 0 Å². The van der Waals surface area contributed by atoms with Crippen LogP contribution in [0.3, 0.4) is 0 Å². The molecule has 3 aromatic heterocycles. The molecule has 3 heterocycles. The van der Waals surface area contributed by atoms with Crippen molar-refractivity contribution < 1.29 is 9.32 Å². The Balaban J connectivity index is 1.48. The van der Waals surface area contributed by atoms with E-state index in [1.165, 1.54) is 0 Å². The highest BCUT2D eigenvalue weighted by molar-refractivity contribution is 5.92. The fraction of sp³-hybridized carbons (Fsp3) is 0.222. The molecule has 1 aliphatic rings. The van der Waals surface area contributed by atoms with Gasteiger partial charge in [0.2, 0.25) is 0 Å². The highest BCUT2D eigenvalue weighted by Crippen LogP contribution is 2.40. The molecule has 0 unspecified atom stereocenters. The van der Waals surface area contributed by atoms with Crippen LogP contribution in [0, 0.1) is 0 Å². The Morgan fingerprint density at radius 1 is 1.25 bits per heavy atom. The van der Waals surface area contributed by atoms with Gasteiger partial charge in [0, 0.05) is 42.7 Å². The second kappa shape index (κ2) is 6.23. The van der Waals surface area contributed by atoms with Gasteiger partial charge in [0.1, 0.15) is 5.76 Å². The predicted octanol–water partition coefficient (Wildman–Crippen LogP) is 2.94. The first-order valence-electron chi connectivity index (χ1n) is 7.90. The molecule has 0 spiro atoms. The zero-order chi connectivity index (χ0) is 16.4. The van der Waals surface area contributed by atoms with Crippen molar-refractivity contribution in [1.29, 1.82) is 0 Å². The Hall–Kier alpha value is -3.02. The third-order valence-electron chi connectivity index (χ3n) is 4.01. The molecule has 0 saturated heterocycles. The van der Waals surface area contributed by atoms with Crippen LogP contribution in [0.25, 0.3) is 11.3 Å². The standard InChI is InChI=1S/C18H16N4O2/c23-18(15-9-16(24-22-15)12-5-6-12)21-11-14-4-2-8-20-17(14)13-3-1-7-19-10-13/h1-4,7-10,12H,5-6,11H2,(H,21,23). The van der Waals surface area contributed by atoms with Gasteiger partial charge < -0.3 is 9.84 Å². The molecule has 3 aromatic rings. The summed E-state index contributed by atoms with van der Waals surface area (Å²) in [4.78, 5) is 20.8. The maximum absolute atomic E-state index is 12.3. The van der Waals surface area contributed by atoms with Gasteiger partial charge >= 0.3 is 0 Å². The summed E-state index contributed by atoms with van der Waals surface area (Å²) in [5.74, 6) is 0.999. The van der Waals surface area contributed by atoms with Gasteiger partial charge in [-0.2, -0.15) is 0 Å². The normalized spacial score (nSPS) is 13.7. The van der Waals surface area contributed by atoms with Crippen LogP contribution in [0.5, 0.6) is 0 Å². The monoisotopic (exact) mass is 320 g/mol. The lowest BCUT2D eigenvalue weighted by Gasteiger charge is -2.08. The van der Waals surface area contributed by atoms with E-state index in [9.17, 15) is 4.79 Å². The minimum absolute atomic E-state index is 0.244. The van der Waals surface area contributed by atoms with E-state index in [1.54, 1.807) is 24.7 Å². The second-order valence-electron chi connectivity index (χ2n) is 5.82. The van der Waals surface area contributed by atoms with Crippen LogP contribution in [0.4, 0.5) is 0 Å². The van der Waals surface area contributed by atoms with Gasteiger partial charge in [0.05, 0.1) is 5.69 Å². The molecule has 1 amide bonds. The molecule has 1 fully saturated rings. The summed E-state index contributed by atoms with van der Waals surface area (Å²) in [6, 6.07) is 9.33. The number of amides is 1. The van der Waals surface area contributed by atoms with Crippen LogP contribution in [0.2, 0.25) is 0 Å². The van der Waals surface area contributed by atoms with Gasteiger partial charge in [-0.3, -0.25) is 14.8 Å². The van der Waals surface area contributed by atoms with Gasteiger partial charge in [-0.15, -0.1) is 0 Å². The lowest BCUT2D eigenvalue weighted by atomic mass is 10.1. The van der Waals surface area contributed by atoms with Crippen molar-refractivity contribution in [2.75, 3.05) is 0 Å². The van der Waals surface area contributed by atoms with Crippen molar-refractivity contribution in [3.8, 4) is 11.3 Å². The maximum Gasteiger partial charge on any atom is 0.273 e. The molecule has 0 aromatic carbocycles. The van der Waals surface area contributed by atoms with E-state index in [1.807, 2.05) is 24.3 Å². The molecule has 1 saturated carbocycles. The Bertz CT molecular complexity index is 856. The first kappa shape index (κ1) is 14.6. The van der Waals surface area contributed by atoms with Gasteiger partial charge in [-0.1, -0.05) is 11.2 Å². The number of rotatable bonds is 5. The third kappa shape index (κ3) is 3.03. The summed E-state index contributed by atoms with van der Waals surface area (Å²) in [6.07, 6.45) is 7.43. The molecular formula is C18H16N4O2. The lowest BCUT2D eigenvalue weighted by molar-refractivity contribution is 0.0942.